The summed E-state index contributed by atoms with van der Waals surface area (Å²) in [5.74, 6) is 0.102. The fourth-order valence-electron chi connectivity index (χ4n) is 3.97. The number of carbonyl (C=O) groups excluding carboxylic acids is 1. The molecule has 192 valence electrons. The summed E-state index contributed by atoms with van der Waals surface area (Å²) in [6, 6.07) is 23.9. The highest BCUT2D eigenvalue weighted by Gasteiger charge is 2.30. The van der Waals surface area contributed by atoms with Crippen LogP contribution in [-0.2, 0) is 4.74 Å². The molecule has 3 aromatic carbocycles. The van der Waals surface area contributed by atoms with Crippen LogP contribution in [0.25, 0.3) is 39.1 Å². The van der Waals surface area contributed by atoms with E-state index >= 15 is 0 Å². The van der Waals surface area contributed by atoms with Gasteiger partial charge in [0.25, 0.3) is 0 Å². The Bertz CT molecular complexity index is 1640. The Morgan fingerprint density at radius 2 is 1.50 bits per heavy atom. The van der Waals surface area contributed by atoms with Gasteiger partial charge in [-0.25, -0.2) is 9.78 Å². The van der Waals surface area contributed by atoms with Gasteiger partial charge in [0.1, 0.15) is 11.3 Å². The average Bonchev–Trinajstić information content (AvgIpc) is 3.20. The first kappa shape index (κ1) is 26.0. The molecule has 5 rings (SSSR count). The Morgan fingerprint density at radius 3 is 2.18 bits per heavy atom. The number of benzene rings is 3. The smallest absolute Gasteiger partial charge is 0.428 e. The van der Waals surface area contributed by atoms with E-state index in [1.54, 1.807) is 32.9 Å². The molecule has 0 radical (unpaired) electrons. The third-order valence-electron chi connectivity index (χ3n) is 5.51. The summed E-state index contributed by atoms with van der Waals surface area (Å²) in [6.45, 7) is 5.27. The number of rotatable bonds is 4. The number of nitrogens with zero attached hydrogens (tertiary/aromatic N) is 3. The summed E-state index contributed by atoms with van der Waals surface area (Å²) in [5.41, 5.74) is 2.31. The fourth-order valence-corrected chi connectivity index (χ4v) is 4.97. The van der Waals surface area contributed by atoms with Gasteiger partial charge in [0.05, 0.1) is 32.5 Å². The van der Waals surface area contributed by atoms with Crippen molar-refractivity contribution in [2.45, 2.75) is 26.4 Å². The van der Waals surface area contributed by atoms with Gasteiger partial charge in [-0.3, -0.25) is 0 Å². The molecule has 0 unspecified atom stereocenters. The topological polar surface area (TPSA) is 66.2 Å². The van der Waals surface area contributed by atoms with Crippen LogP contribution in [0.3, 0.4) is 0 Å². The van der Waals surface area contributed by atoms with Gasteiger partial charge in [0.15, 0.2) is 0 Å². The normalized spacial score (nSPS) is 11.5. The number of pyridine rings is 1. The van der Waals surface area contributed by atoms with Crippen LogP contribution in [0.1, 0.15) is 20.8 Å². The Hall–Kier alpha value is -3.58. The van der Waals surface area contributed by atoms with Crippen molar-refractivity contribution in [2.24, 2.45) is 0 Å². The Kier molecular flexibility index (Phi) is 7.05. The van der Waals surface area contributed by atoms with Crippen molar-refractivity contribution < 1.29 is 14.3 Å². The summed E-state index contributed by atoms with van der Waals surface area (Å²) < 4.78 is 12.9. The number of ether oxygens (including phenoxy) is 2. The van der Waals surface area contributed by atoms with Gasteiger partial charge in [-0.2, -0.15) is 9.78 Å². The summed E-state index contributed by atoms with van der Waals surface area (Å²) in [6.07, 6.45) is -0.892. The van der Waals surface area contributed by atoms with E-state index in [4.69, 9.17) is 54.4 Å². The van der Waals surface area contributed by atoms with E-state index < -0.39 is 11.8 Å². The van der Waals surface area contributed by atoms with Crippen molar-refractivity contribution in [3.05, 3.63) is 93.9 Å². The van der Waals surface area contributed by atoms with Gasteiger partial charge in [0, 0.05) is 16.0 Å². The summed E-state index contributed by atoms with van der Waals surface area (Å²) in [7, 11) is 0. The number of para-hydroxylation sites is 2. The number of carbonyl (C=O) groups is 1. The van der Waals surface area contributed by atoms with Crippen molar-refractivity contribution in [3.63, 3.8) is 0 Å². The second-order valence-electron chi connectivity index (χ2n) is 9.48. The maximum absolute atomic E-state index is 13.0. The summed E-state index contributed by atoms with van der Waals surface area (Å²) >= 11 is 19.5. The van der Waals surface area contributed by atoms with Gasteiger partial charge in [-0.15, -0.1) is 0 Å². The lowest BCUT2D eigenvalue weighted by molar-refractivity contribution is 0.0193. The standard InChI is InChI=1S/C29H22Cl3N3O3/c1-29(2,3)38-28(36)37-27-25(23-14-13-17-9-7-8-12-22(17)33-23)26(24-20(31)15-18(30)16-21(24)32)34-35(27)19-10-5-4-6-11-19/h4-16H,1-3H3. The highest BCUT2D eigenvalue weighted by molar-refractivity contribution is 6.42. The largest absolute Gasteiger partial charge is 0.515 e. The van der Waals surface area contributed by atoms with Crippen molar-refractivity contribution >= 4 is 51.9 Å². The van der Waals surface area contributed by atoms with Gasteiger partial charge >= 0.3 is 6.16 Å². The minimum Gasteiger partial charge on any atom is -0.428 e. The monoisotopic (exact) mass is 565 g/mol. The van der Waals surface area contributed by atoms with Gasteiger partial charge in [-0.05, 0) is 57.2 Å². The van der Waals surface area contributed by atoms with Crippen LogP contribution in [0.15, 0.2) is 78.9 Å². The highest BCUT2D eigenvalue weighted by atomic mass is 35.5. The zero-order valence-corrected chi connectivity index (χ0v) is 23.0. The number of aromatic nitrogens is 3. The molecule has 0 saturated heterocycles. The number of halogens is 3. The van der Waals surface area contributed by atoms with E-state index in [2.05, 4.69) is 0 Å². The summed E-state index contributed by atoms with van der Waals surface area (Å²) in [5, 5.41) is 6.73. The maximum atomic E-state index is 13.0. The van der Waals surface area contributed by atoms with E-state index in [0.29, 0.717) is 33.2 Å². The predicted molar refractivity (Wildman–Crippen MR) is 152 cm³/mol. The lowest BCUT2D eigenvalue weighted by Crippen LogP contribution is -2.26. The second kappa shape index (κ2) is 10.3. The molecule has 0 atom stereocenters. The molecule has 38 heavy (non-hydrogen) atoms. The number of hydrogen-bond donors (Lipinski definition) is 0. The molecule has 2 aromatic heterocycles. The van der Waals surface area contributed by atoms with Crippen LogP contribution in [0, 0.1) is 0 Å². The Balaban J connectivity index is 1.83. The third kappa shape index (κ3) is 5.34. The lowest BCUT2D eigenvalue weighted by atomic mass is 10.0. The van der Waals surface area contributed by atoms with Crippen LogP contribution in [-0.4, -0.2) is 26.5 Å². The first-order valence-corrected chi connectivity index (χ1v) is 12.8. The first-order valence-electron chi connectivity index (χ1n) is 11.7. The molecule has 0 saturated carbocycles. The molecule has 0 amide bonds. The van der Waals surface area contributed by atoms with E-state index in [0.717, 1.165) is 10.9 Å². The summed E-state index contributed by atoms with van der Waals surface area (Å²) in [4.78, 5) is 17.8. The Morgan fingerprint density at radius 1 is 0.842 bits per heavy atom. The molecule has 6 nitrogen and oxygen atoms in total. The van der Waals surface area contributed by atoms with E-state index in [1.807, 2.05) is 66.7 Å². The van der Waals surface area contributed by atoms with Crippen molar-refractivity contribution in [1.29, 1.82) is 0 Å². The van der Waals surface area contributed by atoms with Crippen LogP contribution in [0.4, 0.5) is 4.79 Å². The quantitative estimate of drug-likeness (QED) is 0.203. The van der Waals surface area contributed by atoms with Crippen LogP contribution < -0.4 is 4.74 Å². The molecular formula is C29H22Cl3N3O3. The zero-order chi connectivity index (χ0) is 27.0. The molecule has 0 aliphatic heterocycles. The molecule has 0 aliphatic carbocycles. The third-order valence-corrected chi connectivity index (χ3v) is 6.33. The molecule has 0 N–H and O–H groups in total. The van der Waals surface area contributed by atoms with Crippen molar-refractivity contribution in [3.8, 4) is 34.1 Å². The van der Waals surface area contributed by atoms with Gasteiger partial charge in [-0.1, -0.05) is 77.3 Å². The first-order chi connectivity index (χ1) is 18.1. The molecule has 5 aromatic rings. The predicted octanol–water partition coefficient (Wildman–Crippen LogP) is 9.03. The average molecular weight is 567 g/mol. The second-order valence-corrected chi connectivity index (χ2v) is 10.7. The maximum Gasteiger partial charge on any atom is 0.515 e. The molecule has 2 heterocycles. The van der Waals surface area contributed by atoms with Gasteiger partial charge in [0.2, 0.25) is 5.88 Å². The molecule has 0 fully saturated rings. The van der Waals surface area contributed by atoms with Crippen molar-refractivity contribution in [1.82, 2.24) is 14.8 Å². The minimum absolute atomic E-state index is 0.102. The number of fused-ring (bicyclic) bond motifs is 1. The SMILES string of the molecule is CC(C)(C)OC(=O)Oc1c(-c2ccc3ccccc3n2)c(-c2c(Cl)cc(Cl)cc2Cl)nn1-c1ccccc1. The van der Waals surface area contributed by atoms with Gasteiger partial charge < -0.3 is 9.47 Å². The van der Waals surface area contributed by atoms with E-state index in [1.165, 1.54) is 4.68 Å². The minimum atomic E-state index is -0.892. The van der Waals surface area contributed by atoms with Crippen LogP contribution in [0.2, 0.25) is 15.1 Å². The molecule has 0 bridgehead atoms. The van der Waals surface area contributed by atoms with Crippen LogP contribution in [0.5, 0.6) is 5.88 Å². The Labute approximate surface area is 234 Å². The lowest BCUT2D eigenvalue weighted by Gasteiger charge is -2.19. The van der Waals surface area contributed by atoms with Crippen LogP contribution >= 0.6 is 34.8 Å². The molecular weight excluding hydrogens is 545 g/mol. The number of hydrogen-bond acceptors (Lipinski definition) is 5. The molecule has 9 heteroatoms. The highest BCUT2D eigenvalue weighted by Crippen LogP contribution is 2.46. The molecule has 0 aliphatic rings. The fraction of sp³-hybridized carbons (Fsp3) is 0.138. The zero-order valence-electron chi connectivity index (χ0n) is 20.7. The van der Waals surface area contributed by atoms with Crippen molar-refractivity contribution in [2.75, 3.05) is 0 Å². The molecule has 0 spiro atoms. The van der Waals surface area contributed by atoms with E-state index in [9.17, 15) is 4.79 Å². The van der Waals surface area contributed by atoms with E-state index in [-0.39, 0.29) is 15.9 Å².